The number of amides is 2. The largest absolute Gasteiger partial charge is 0.462 e. The second-order valence-electron chi connectivity index (χ2n) is 4.85. The lowest BCUT2D eigenvalue weighted by molar-refractivity contribution is -0.123. The van der Waals surface area contributed by atoms with Crippen molar-refractivity contribution in [2.45, 2.75) is 13.5 Å². The first-order valence-corrected chi connectivity index (χ1v) is 7.78. The zero-order valence-corrected chi connectivity index (χ0v) is 13.3. The van der Waals surface area contributed by atoms with Crippen molar-refractivity contribution >= 4 is 40.6 Å². The molecule has 0 radical (unpaired) electrons. The molecule has 2 heterocycles. The summed E-state index contributed by atoms with van der Waals surface area (Å²) in [6, 6.07) is 10.7. The van der Waals surface area contributed by atoms with E-state index < -0.39 is 0 Å². The molecular formula is C16H12ClNO3S. The fourth-order valence-corrected chi connectivity index (χ4v) is 3.15. The fourth-order valence-electron chi connectivity index (χ4n) is 2.11. The highest BCUT2D eigenvalue weighted by molar-refractivity contribution is 8.18. The average molecular weight is 334 g/mol. The van der Waals surface area contributed by atoms with Gasteiger partial charge in [0, 0.05) is 11.1 Å². The van der Waals surface area contributed by atoms with Crippen LogP contribution in [0.1, 0.15) is 17.1 Å². The molecule has 3 rings (SSSR count). The number of imide groups is 1. The number of halogens is 1. The van der Waals surface area contributed by atoms with Gasteiger partial charge in [-0.25, -0.2) is 0 Å². The van der Waals surface area contributed by atoms with Crippen molar-refractivity contribution in [3.05, 3.63) is 63.4 Å². The Kier molecular flexibility index (Phi) is 4.09. The number of hydrogen-bond donors (Lipinski definition) is 0. The van der Waals surface area contributed by atoms with Crippen molar-refractivity contribution in [2.24, 2.45) is 0 Å². The van der Waals surface area contributed by atoms with Gasteiger partial charge in [-0.15, -0.1) is 0 Å². The monoisotopic (exact) mass is 333 g/mol. The molecule has 4 nitrogen and oxygen atoms in total. The van der Waals surface area contributed by atoms with E-state index in [1.807, 2.05) is 19.1 Å². The van der Waals surface area contributed by atoms with Gasteiger partial charge >= 0.3 is 0 Å². The summed E-state index contributed by atoms with van der Waals surface area (Å²) in [7, 11) is 0. The summed E-state index contributed by atoms with van der Waals surface area (Å²) in [6.07, 6.45) is 1.59. The Bertz CT molecular complexity index is 781. The molecule has 0 N–H and O–H groups in total. The molecule has 2 amide bonds. The lowest BCUT2D eigenvalue weighted by Gasteiger charge is -2.12. The van der Waals surface area contributed by atoms with E-state index in [-0.39, 0.29) is 17.7 Å². The maximum absolute atomic E-state index is 12.4. The molecule has 6 heteroatoms. The third-order valence-electron chi connectivity index (χ3n) is 3.14. The van der Waals surface area contributed by atoms with Gasteiger partial charge in [0.15, 0.2) is 0 Å². The predicted octanol–water partition coefficient (Wildman–Crippen LogP) is 4.48. The Morgan fingerprint density at radius 2 is 2.09 bits per heavy atom. The van der Waals surface area contributed by atoms with E-state index in [2.05, 4.69) is 0 Å². The highest BCUT2D eigenvalue weighted by atomic mass is 35.5. The van der Waals surface area contributed by atoms with Gasteiger partial charge in [0.1, 0.15) is 11.5 Å². The molecule has 0 spiro atoms. The van der Waals surface area contributed by atoms with E-state index in [9.17, 15) is 9.59 Å². The maximum atomic E-state index is 12.4. The van der Waals surface area contributed by atoms with Gasteiger partial charge in [-0.05, 0) is 48.5 Å². The van der Waals surface area contributed by atoms with Crippen LogP contribution in [0.25, 0.3) is 6.08 Å². The number of carbonyl (C=O) groups is 2. The molecule has 1 aliphatic rings. The van der Waals surface area contributed by atoms with Crippen LogP contribution in [0.2, 0.25) is 5.02 Å². The third-order valence-corrected chi connectivity index (χ3v) is 4.28. The van der Waals surface area contributed by atoms with E-state index >= 15 is 0 Å². The molecule has 0 saturated carbocycles. The van der Waals surface area contributed by atoms with Crippen molar-refractivity contribution < 1.29 is 14.0 Å². The third kappa shape index (κ3) is 3.10. The summed E-state index contributed by atoms with van der Waals surface area (Å²) in [5.74, 6) is 0.999. The second-order valence-corrected chi connectivity index (χ2v) is 6.28. The minimum Gasteiger partial charge on any atom is -0.462 e. The van der Waals surface area contributed by atoms with Crippen LogP contribution in [0.4, 0.5) is 4.79 Å². The zero-order valence-electron chi connectivity index (χ0n) is 11.7. The molecule has 0 unspecified atom stereocenters. The van der Waals surface area contributed by atoms with Gasteiger partial charge in [0.25, 0.3) is 11.1 Å². The summed E-state index contributed by atoms with van der Waals surface area (Å²) in [4.78, 5) is 26.0. The van der Waals surface area contributed by atoms with Crippen molar-refractivity contribution in [3.63, 3.8) is 0 Å². The average Bonchev–Trinajstić information content (AvgIpc) is 2.98. The standard InChI is InChI=1S/C16H12ClNO3S/c1-10-5-6-13(21-10)8-14-15(19)18(16(20)22-14)9-11-3-2-4-12(17)7-11/h2-8H,9H2,1H3/b14-8-. The molecule has 1 aliphatic heterocycles. The lowest BCUT2D eigenvalue weighted by atomic mass is 10.2. The van der Waals surface area contributed by atoms with Crippen LogP contribution in [0, 0.1) is 6.92 Å². The molecule has 0 aliphatic carbocycles. The van der Waals surface area contributed by atoms with Crippen LogP contribution in [0.15, 0.2) is 45.7 Å². The summed E-state index contributed by atoms with van der Waals surface area (Å²) < 4.78 is 5.41. The van der Waals surface area contributed by atoms with E-state index in [1.165, 1.54) is 4.90 Å². The molecule has 112 valence electrons. The lowest BCUT2D eigenvalue weighted by Crippen LogP contribution is -2.27. The Labute approximate surface area is 136 Å². The predicted molar refractivity (Wildman–Crippen MR) is 86.4 cm³/mol. The van der Waals surface area contributed by atoms with E-state index in [0.717, 1.165) is 23.1 Å². The topological polar surface area (TPSA) is 50.5 Å². The number of carbonyl (C=O) groups excluding carboxylic acids is 2. The molecule has 1 aromatic heterocycles. The molecule has 0 atom stereocenters. The number of hydrogen-bond acceptors (Lipinski definition) is 4. The van der Waals surface area contributed by atoms with Gasteiger partial charge in [0.2, 0.25) is 0 Å². The first-order valence-electron chi connectivity index (χ1n) is 6.59. The minimum absolute atomic E-state index is 0.208. The molecule has 2 aromatic rings. The van der Waals surface area contributed by atoms with Crippen LogP contribution in [-0.2, 0) is 11.3 Å². The Balaban J connectivity index is 1.81. The smallest absolute Gasteiger partial charge is 0.293 e. The summed E-state index contributed by atoms with van der Waals surface area (Å²) >= 11 is 6.84. The number of rotatable bonds is 3. The summed E-state index contributed by atoms with van der Waals surface area (Å²) in [5, 5.41) is 0.283. The Morgan fingerprint density at radius 1 is 1.27 bits per heavy atom. The Morgan fingerprint density at radius 3 is 2.77 bits per heavy atom. The number of nitrogens with zero attached hydrogens (tertiary/aromatic N) is 1. The van der Waals surface area contributed by atoms with E-state index in [1.54, 1.807) is 30.3 Å². The van der Waals surface area contributed by atoms with Gasteiger partial charge < -0.3 is 4.42 Å². The summed E-state index contributed by atoms with van der Waals surface area (Å²) in [5.41, 5.74) is 0.810. The van der Waals surface area contributed by atoms with Crippen LogP contribution in [0.5, 0.6) is 0 Å². The van der Waals surface area contributed by atoms with Gasteiger partial charge in [0.05, 0.1) is 11.4 Å². The van der Waals surface area contributed by atoms with Crippen molar-refractivity contribution in [1.82, 2.24) is 4.90 Å². The fraction of sp³-hybridized carbons (Fsp3) is 0.125. The molecule has 22 heavy (non-hydrogen) atoms. The minimum atomic E-state index is -0.316. The SMILES string of the molecule is Cc1ccc(/C=C2\SC(=O)N(Cc3cccc(Cl)c3)C2=O)o1. The van der Waals surface area contributed by atoms with Crippen LogP contribution in [0.3, 0.4) is 0 Å². The highest BCUT2D eigenvalue weighted by Gasteiger charge is 2.35. The van der Waals surface area contributed by atoms with Crippen molar-refractivity contribution in [1.29, 1.82) is 0 Å². The molecular weight excluding hydrogens is 322 g/mol. The first-order chi connectivity index (χ1) is 10.5. The number of aryl methyl sites for hydroxylation is 1. The highest BCUT2D eigenvalue weighted by Crippen LogP contribution is 2.33. The van der Waals surface area contributed by atoms with Crippen LogP contribution in [-0.4, -0.2) is 16.0 Å². The first kappa shape index (κ1) is 14.9. The summed E-state index contributed by atoms with van der Waals surface area (Å²) in [6.45, 7) is 2.03. The molecule has 1 saturated heterocycles. The van der Waals surface area contributed by atoms with Gasteiger partial charge in [-0.2, -0.15) is 0 Å². The van der Waals surface area contributed by atoms with Gasteiger partial charge in [-0.3, -0.25) is 14.5 Å². The van der Waals surface area contributed by atoms with Gasteiger partial charge in [-0.1, -0.05) is 23.7 Å². The number of furan rings is 1. The van der Waals surface area contributed by atoms with E-state index in [4.69, 9.17) is 16.0 Å². The molecule has 1 aromatic carbocycles. The van der Waals surface area contributed by atoms with Crippen LogP contribution < -0.4 is 0 Å². The van der Waals surface area contributed by atoms with Crippen LogP contribution >= 0.6 is 23.4 Å². The Hall–Kier alpha value is -1.98. The number of benzene rings is 1. The second kappa shape index (κ2) is 6.02. The normalized spacial score (nSPS) is 16.8. The quantitative estimate of drug-likeness (QED) is 0.777. The van der Waals surface area contributed by atoms with Crippen molar-refractivity contribution in [2.75, 3.05) is 0 Å². The maximum Gasteiger partial charge on any atom is 0.293 e. The molecule has 0 bridgehead atoms. The molecule has 1 fully saturated rings. The number of thioether (sulfide) groups is 1. The van der Waals surface area contributed by atoms with Crippen molar-refractivity contribution in [3.8, 4) is 0 Å². The zero-order chi connectivity index (χ0) is 15.7. The van der Waals surface area contributed by atoms with E-state index in [0.29, 0.717) is 15.7 Å².